The molecule has 0 spiro atoms. The van der Waals surface area contributed by atoms with Gasteiger partial charge in [-0.2, -0.15) is 0 Å². The summed E-state index contributed by atoms with van der Waals surface area (Å²) in [5.74, 6) is -0.341. The Hall–Kier alpha value is -2.69. The Balaban J connectivity index is 1.92. The second kappa shape index (κ2) is 5.83. The van der Waals surface area contributed by atoms with Crippen molar-refractivity contribution in [3.63, 3.8) is 0 Å². The maximum atomic E-state index is 13.0. The fourth-order valence-electron chi connectivity index (χ4n) is 2.55. The molecule has 23 heavy (non-hydrogen) atoms. The summed E-state index contributed by atoms with van der Waals surface area (Å²) in [5, 5.41) is 0. The van der Waals surface area contributed by atoms with Crippen LogP contribution >= 0.6 is 0 Å². The van der Waals surface area contributed by atoms with Crippen molar-refractivity contribution in [2.75, 3.05) is 11.4 Å². The number of carbonyl (C=O) groups is 2. The molecular formula is C18H16FNO3. The normalized spacial score (nSPS) is 16.7. The van der Waals surface area contributed by atoms with Crippen molar-refractivity contribution >= 4 is 17.4 Å². The third kappa shape index (κ3) is 2.95. The lowest BCUT2D eigenvalue weighted by atomic mass is 10.1. The number of nitrogens with zero attached hydrogens (tertiary/aromatic N) is 1. The minimum Gasteiger partial charge on any atom is -0.479 e. The molecule has 0 radical (unpaired) electrons. The number of rotatable bonds is 3. The average molecular weight is 313 g/mol. The molecule has 0 aromatic heterocycles. The van der Waals surface area contributed by atoms with Crippen LogP contribution in [0.3, 0.4) is 0 Å². The fourth-order valence-corrected chi connectivity index (χ4v) is 2.55. The molecule has 0 fully saturated rings. The number of hydrogen-bond acceptors (Lipinski definition) is 3. The van der Waals surface area contributed by atoms with Crippen LogP contribution < -0.4 is 9.64 Å². The molecule has 0 N–H and O–H groups in total. The molecule has 1 aliphatic rings. The van der Waals surface area contributed by atoms with Gasteiger partial charge in [0.15, 0.2) is 11.9 Å². The Morgan fingerprint density at radius 3 is 2.61 bits per heavy atom. The number of anilines is 1. The highest BCUT2D eigenvalue weighted by Gasteiger charge is 2.32. The van der Waals surface area contributed by atoms with Crippen LogP contribution in [-0.2, 0) is 4.79 Å². The summed E-state index contributed by atoms with van der Waals surface area (Å²) in [6.45, 7) is 3.46. The largest absolute Gasteiger partial charge is 0.479 e. The number of aryl methyl sites for hydroxylation is 1. The Bertz CT molecular complexity index is 770. The van der Waals surface area contributed by atoms with E-state index in [2.05, 4.69) is 0 Å². The quantitative estimate of drug-likeness (QED) is 0.818. The standard InChI is InChI=1S/C18H16FNO3/c1-11-3-8-17-15(9-11)20(18(22)12(2)23-17)10-16(21)13-4-6-14(19)7-5-13/h3-9,12H,10H2,1-2H3. The topological polar surface area (TPSA) is 46.6 Å². The summed E-state index contributed by atoms with van der Waals surface area (Å²) in [4.78, 5) is 26.3. The van der Waals surface area contributed by atoms with Crippen LogP contribution in [0.5, 0.6) is 5.75 Å². The second-order valence-electron chi connectivity index (χ2n) is 5.59. The van der Waals surface area contributed by atoms with Crippen LogP contribution in [0.25, 0.3) is 0 Å². The van der Waals surface area contributed by atoms with E-state index in [9.17, 15) is 14.0 Å². The highest BCUT2D eigenvalue weighted by atomic mass is 19.1. The van der Waals surface area contributed by atoms with E-state index in [0.717, 1.165) is 5.56 Å². The molecule has 0 aliphatic carbocycles. The van der Waals surface area contributed by atoms with Gasteiger partial charge in [-0.05, 0) is 55.8 Å². The number of halogens is 1. The molecule has 1 unspecified atom stereocenters. The van der Waals surface area contributed by atoms with Crippen LogP contribution in [0.1, 0.15) is 22.8 Å². The molecule has 0 saturated carbocycles. The first-order chi connectivity index (χ1) is 11.0. The maximum Gasteiger partial charge on any atom is 0.268 e. The molecule has 0 bridgehead atoms. The third-order valence-electron chi connectivity index (χ3n) is 3.79. The number of ketones is 1. The van der Waals surface area contributed by atoms with Crippen molar-refractivity contribution in [3.8, 4) is 5.75 Å². The van der Waals surface area contributed by atoms with Crippen LogP contribution in [0.4, 0.5) is 10.1 Å². The fraction of sp³-hybridized carbons (Fsp3) is 0.222. The van der Waals surface area contributed by atoms with Gasteiger partial charge in [-0.15, -0.1) is 0 Å². The Labute approximate surface area is 133 Å². The monoisotopic (exact) mass is 313 g/mol. The number of carbonyl (C=O) groups excluding carboxylic acids is 2. The lowest BCUT2D eigenvalue weighted by Crippen LogP contribution is -2.46. The van der Waals surface area contributed by atoms with Gasteiger partial charge in [-0.3, -0.25) is 14.5 Å². The SMILES string of the molecule is Cc1ccc2c(c1)N(CC(=O)c1ccc(F)cc1)C(=O)C(C)O2. The van der Waals surface area contributed by atoms with Gasteiger partial charge in [0.1, 0.15) is 11.6 Å². The van der Waals surface area contributed by atoms with Crippen LogP contribution in [0.2, 0.25) is 0 Å². The summed E-state index contributed by atoms with van der Waals surface area (Å²) in [6.07, 6.45) is -0.647. The molecule has 1 atom stereocenters. The van der Waals surface area contributed by atoms with Gasteiger partial charge in [0, 0.05) is 5.56 Å². The van der Waals surface area contributed by atoms with E-state index in [0.29, 0.717) is 17.0 Å². The molecule has 1 heterocycles. The lowest BCUT2D eigenvalue weighted by molar-refractivity contribution is -0.125. The zero-order chi connectivity index (χ0) is 16.6. The van der Waals surface area contributed by atoms with Crippen molar-refractivity contribution in [2.24, 2.45) is 0 Å². The van der Waals surface area contributed by atoms with Crippen LogP contribution in [0, 0.1) is 12.7 Å². The maximum absolute atomic E-state index is 13.0. The number of hydrogen-bond donors (Lipinski definition) is 0. The van der Waals surface area contributed by atoms with E-state index < -0.39 is 11.9 Å². The number of fused-ring (bicyclic) bond motifs is 1. The highest BCUT2D eigenvalue weighted by Crippen LogP contribution is 2.34. The summed E-state index contributed by atoms with van der Waals surface area (Å²) in [7, 11) is 0. The minimum absolute atomic E-state index is 0.103. The Morgan fingerprint density at radius 2 is 1.91 bits per heavy atom. The summed E-state index contributed by atoms with van der Waals surface area (Å²) in [5.41, 5.74) is 1.92. The number of ether oxygens (including phenoxy) is 1. The molecule has 2 aromatic carbocycles. The molecule has 2 aromatic rings. The van der Waals surface area contributed by atoms with Gasteiger partial charge < -0.3 is 4.74 Å². The number of amides is 1. The Kier molecular flexibility index (Phi) is 3.86. The first-order valence-electron chi connectivity index (χ1n) is 7.33. The van der Waals surface area contributed by atoms with E-state index >= 15 is 0 Å². The molecular weight excluding hydrogens is 297 g/mol. The van der Waals surface area contributed by atoms with Gasteiger partial charge >= 0.3 is 0 Å². The summed E-state index contributed by atoms with van der Waals surface area (Å²) >= 11 is 0. The molecule has 3 rings (SSSR count). The van der Waals surface area contributed by atoms with Crippen LogP contribution in [0.15, 0.2) is 42.5 Å². The van der Waals surface area contributed by atoms with Gasteiger partial charge in [0.25, 0.3) is 5.91 Å². The number of Topliss-reactive ketones (excluding diaryl/α,β-unsaturated/α-hetero) is 1. The van der Waals surface area contributed by atoms with Crippen molar-refractivity contribution in [3.05, 3.63) is 59.4 Å². The van der Waals surface area contributed by atoms with E-state index in [-0.39, 0.29) is 18.2 Å². The zero-order valence-electron chi connectivity index (χ0n) is 12.9. The average Bonchev–Trinajstić information content (AvgIpc) is 2.53. The highest BCUT2D eigenvalue weighted by molar-refractivity contribution is 6.08. The summed E-state index contributed by atoms with van der Waals surface area (Å²) < 4.78 is 18.6. The van der Waals surface area contributed by atoms with Crippen molar-refractivity contribution in [2.45, 2.75) is 20.0 Å². The molecule has 5 heteroatoms. The minimum atomic E-state index is -0.647. The van der Waals surface area contributed by atoms with E-state index in [1.807, 2.05) is 19.1 Å². The number of benzene rings is 2. The molecule has 4 nitrogen and oxygen atoms in total. The second-order valence-corrected chi connectivity index (χ2v) is 5.59. The molecule has 118 valence electrons. The van der Waals surface area contributed by atoms with Gasteiger partial charge in [-0.25, -0.2) is 4.39 Å². The first kappa shape index (κ1) is 15.2. The van der Waals surface area contributed by atoms with Gasteiger partial charge in [0.05, 0.1) is 12.2 Å². The zero-order valence-corrected chi connectivity index (χ0v) is 12.9. The molecule has 1 aliphatic heterocycles. The van der Waals surface area contributed by atoms with Gasteiger partial charge in [0.2, 0.25) is 0 Å². The van der Waals surface area contributed by atoms with E-state index in [4.69, 9.17) is 4.74 Å². The predicted octanol–water partition coefficient (Wildman–Crippen LogP) is 3.13. The van der Waals surface area contributed by atoms with Crippen molar-refractivity contribution in [1.82, 2.24) is 0 Å². The third-order valence-corrected chi connectivity index (χ3v) is 3.79. The first-order valence-corrected chi connectivity index (χ1v) is 7.33. The van der Waals surface area contributed by atoms with E-state index in [1.54, 1.807) is 13.0 Å². The Morgan fingerprint density at radius 1 is 1.22 bits per heavy atom. The predicted molar refractivity (Wildman–Crippen MR) is 84.4 cm³/mol. The smallest absolute Gasteiger partial charge is 0.268 e. The summed E-state index contributed by atoms with van der Waals surface area (Å²) in [6, 6.07) is 10.8. The van der Waals surface area contributed by atoms with Crippen molar-refractivity contribution in [1.29, 1.82) is 0 Å². The molecule has 1 amide bonds. The van der Waals surface area contributed by atoms with E-state index in [1.165, 1.54) is 29.2 Å². The van der Waals surface area contributed by atoms with Gasteiger partial charge in [-0.1, -0.05) is 6.07 Å². The van der Waals surface area contributed by atoms with Crippen LogP contribution in [-0.4, -0.2) is 24.3 Å². The lowest BCUT2D eigenvalue weighted by Gasteiger charge is -2.32. The molecule has 0 saturated heterocycles. The van der Waals surface area contributed by atoms with Crippen molar-refractivity contribution < 1.29 is 18.7 Å².